The van der Waals surface area contributed by atoms with Gasteiger partial charge in [0.2, 0.25) is 5.91 Å². The number of nitrogens with one attached hydrogen (secondary N) is 1. The van der Waals surface area contributed by atoms with Crippen molar-refractivity contribution in [1.29, 1.82) is 0 Å². The first kappa shape index (κ1) is 7.88. The molecule has 1 aliphatic heterocycles. The molecule has 0 bridgehead atoms. The SMILES string of the molecule is CNC1C(=O)N(C)C1SC. The Morgan fingerprint density at radius 2 is 2.30 bits per heavy atom. The lowest BCUT2D eigenvalue weighted by atomic mass is 10.1. The molecule has 0 aromatic carbocycles. The van der Waals surface area contributed by atoms with Gasteiger partial charge in [-0.3, -0.25) is 4.79 Å². The van der Waals surface area contributed by atoms with Crippen LogP contribution in [0.1, 0.15) is 0 Å². The zero-order valence-electron chi connectivity index (χ0n) is 6.42. The predicted molar refractivity (Wildman–Crippen MR) is 42.9 cm³/mol. The fourth-order valence-corrected chi connectivity index (χ4v) is 2.11. The van der Waals surface area contributed by atoms with Gasteiger partial charge in [0.1, 0.15) is 11.4 Å². The second-order valence-electron chi connectivity index (χ2n) is 2.34. The monoisotopic (exact) mass is 160 g/mol. The van der Waals surface area contributed by atoms with Crippen LogP contribution in [0.3, 0.4) is 0 Å². The average Bonchev–Trinajstić information content (AvgIpc) is 1.97. The van der Waals surface area contributed by atoms with Crippen LogP contribution in [0.25, 0.3) is 0 Å². The van der Waals surface area contributed by atoms with E-state index in [4.69, 9.17) is 0 Å². The van der Waals surface area contributed by atoms with Crippen molar-refractivity contribution in [3.8, 4) is 0 Å². The summed E-state index contributed by atoms with van der Waals surface area (Å²) in [5.41, 5.74) is 0. The Labute approximate surface area is 65.2 Å². The van der Waals surface area contributed by atoms with Gasteiger partial charge in [-0.15, -0.1) is 11.8 Å². The molecule has 2 unspecified atom stereocenters. The maximum absolute atomic E-state index is 11.0. The summed E-state index contributed by atoms with van der Waals surface area (Å²) in [5.74, 6) is 0.196. The zero-order valence-corrected chi connectivity index (χ0v) is 7.23. The number of likely N-dealkylation sites (tertiary alicyclic amines) is 1. The van der Waals surface area contributed by atoms with Crippen molar-refractivity contribution in [3.05, 3.63) is 0 Å². The number of rotatable bonds is 2. The van der Waals surface area contributed by atoms with E-state index >= 15 is 0 Å². The number of amides is 1. The highest BCUT2D eigenvalue weighted by Gasteiger charge is 2.43. The van der Waals surface area contributed by atoms with Gasteiger partial charge in [-0.25, -0.2) is 0 Å². The number of likely N-dealkylation sites (N-methyl/N-ethyl adjacent to an activating group) is 2. The summed E-state index contributed by atoms with van der Waals surface area (Å²) in [5, 5.41) is 3.30. The molecule has 10 heavy (non-hydrogen) atoms. The number of carbonyl (C=O) groups excluding carboxylic acids is 1. The Kier molecular flexibility index (Phi) is 2.21. The molecule has 3 nitrogen and oxygen atoms in total. The molecule has 0 aromatic rings. The highest BCUT2D eigenvalue weighted by molar-refractivity contribution is 7.99. The summed E-state index contributed by atoms with van der Waals surface area (Å²) in [6, 6.07) is 0.0417. The van der Waals surface area contributed by atoms with Gasteiger partial charge in [-0.2, -0.15) is 0 Å². The molecule has 2 atom stereocenters. The van der Waals surface area contributed by atoms with Crippen LogP contribution in [0, 0.1) is 0 Å². The second-order valence-corrected chi connectivity index (χ2v) is 3.30. The van der Waals surface area contributed by atoms with E-state index in [1.807, 2.05) is 20.4 Å². The largest absolute Gasteiger partial charge is 0.330 e. The van der Waals surface area contributed by atoms with E-state index in [1.165, 1.54) is 0 Å². The van der Waals surface area contributed by atoms with Gasteiger partial charge in [-0.1, -0.05) is 0 Å². The Balaban J connectivity index is 2.52. The number of nitrogens with zero attached hydrogens (tertiary/aromatic N) is 1. The lowest BCUT2D eigenvalue weighted by molar-refractivity contribution is -0.143. The van der Waals surface area contributed by atoms with Crippen LogP contribution >= 0.6 is 11.8 Å². The van der Waals surface area contributed by atoms with Crippen molar-refractivity contribution in [2.45, 2.75) is 11.4 Å². The minimum Gasteiger partial charge on any atom is -0.330 e. The number of thioether (sulfide) groups is 1. The van der Waals surface area contributed by atoms with Gasteiger partial charge >= 0.3 is 0 Å². The van der Waals surface area contributed by atoms with Crippen LogP contribution in [0.4, 0.5) is 0 Å². The Morgan fingerprint density at radius 1 is 1.70 bits per heavy atom. The van der Waals surface area contributed by atoms with E-state index in [9.17, 15) is 4.79 Å². The summed E-state index contributed by atoms with van der Waals surface area (Å²) in [6.07, 6.45) is 2.01. The summed E-state index contributed by atoms with van der Waals surface area (Å²) in [7, 11) is 3.65. The molecule has 0 aliphatic carbocycles. The zero-order chi connectivity index (χ0) is 7.72. The minimum atomic E-state index is 0.0417. The molecule has 4 heteroatoms. The quantitative estimate of drug-likeness (QED) is 0.565. The Bertz CT molecular complexity index is 151. The predicted octanol–water partition coefficient (Wildman–Crippen LogP) is -0.264. The van der Waals surface area contributed by atoms with Crippen LogP contribution in [0.15, 0.2) is 0 Å². The molecule has 1 aliphatic rings. The van der Waals surface area contributed by atoms with Gasteiger partial charge in [0.15, 0.2) is 0 Å². The average molecular weight is 160 g/mol. The molecular formula is C6H12N2OS. The molecular weight excluding hydrogens is 148 g/mol. The number of hydrogen-bond donors (Lipinski definition) is 1. The number of hydrogen-bond acceptors (Lipinski definition) is 3. The standard InChI is InChI=1S/C6H12N2OS/c1-7-4-5(9)8(2)6(4)10-3/h4,6-7H,1-3H3. The molecule has 1 rings (SSSR count). The van der Waals surface area contributed by atoms with E-state index in [1.54, 1.807) is 16.7 Å². The second kappa shape index (κ2) is 2.80. The third-order valence-corrected chi connectivity index (χ3v) is 2.90. The van der Waals surface area contributed by atoms with E-state index in [2.05, 4.69) is 5.32 Å². The van der Waals surface area contributed by atoms with E-state index in [0.29, 0.717) is 5.37 Å². The third-order valence-electron chi connectivity index (χ3n) is 1.83. The first-order valence-electron chi connectivity index (χ1n) is 3.19. The molecule has 1 heterocycles. The summed E-state index contributed by atoms with van der Waals surface area (Å²) >= 11 is 1.70. The van der Waals surface area contributed by atoms with E-state index in [0.717, 1.165) is 0 Å². The lowest BCUT2D eigenvalue weighted by Crippen LogP contribution is -2.66. The first-order valence-corrected chi connectivity index (χ1v) is 4.48. The van der Waals surface area contributed by atoms with Crippen LogP contribution in [0.5, 0.6) is 0 Å². The lowest BCUT2D eigenvalue weighted by Gasteiger charge is -2.43. The van der Waals surface area contributed by atoms with E-state index < -0.39 is 0 Å². The fraction of sp³-hybridized carbons (Fsp3) is 0.833. The summed E-state index contributed by atoms with van der Waals surface area (Å²) in [6.45, 7) is 0. The molecule has 1 N–H and O–H groups in total. The van der Waals surface area contributed by atoms with Crippen molar-refractivity contribution in [2.75, 3.05) is 20.4 Å². The summed E-state index contributed by atoms with van der Waals surface area (Å²) < 4.78 is 0. The summed E-state index contributed by atoms with van der Waals surface area (Å²) in [4.78, 5) is 12.8. The molecule has 1 saturated heterocycles. The molecule has 0 spiro atoms. The number of β-lactam (4-membered cyclic amide) rings is 1. The van der Waals surface area contributed by atoms with Gasteiger partial charge in [0.05, 0.1) is 0 Å². The highest BCUT2D eigenvalue weighted by atomic mass is 32.2. The van der Waals surface area contributed by atoms with Crippen molar-refractivity contribution >= 4 is 17.7 Å². The molecule has 0 radical (unpaired) electrons. The van der Waals surface area contributed by atoms with Gasteiger partial charge < -0.3 is 10.2 Å². The smallest absolute Gasteiger partial charge is 0.243 e. The number of carbonyl (C=O) groups is 1. The van der Waals surface area contributed by atoms with Crippen molar-refractivity contribution in [3.63, 3.8) is 0 Å². The highest BCUT2D eigenvalue weighted by Crippen LogP contribution is 2.25. The van der Waals surface area contributed by atoms with E-state index in [-0.39, 0.29) is 11.9 Å². The van der Waals surface area contributed by atoms with Crippen LogP contribution in [-0.2, 0) is 4.79 Å². The van der Waals surface area contributed by atoms with Crippen LogP contribution < -0.4 is 5.32 Å². The molecule has 1 fully saturated rings. The maximum Gasteiger partial charge on any atom is 0.243 e. The maximum atomic E-state index is 11.0. The van der Waals surface area contributed by atoms with Crippen LogP contribution in [-0.4, -0.2) is 42.6 Å². The normalized spacial score (nSPS) is 32.3. The third kappa shape index (κ3) is 0.914. The van der Waals surface area contributed by atoms with Gasteiger partial charge in [0, 0.05) is 7.05 Å². The molecule has 0 saturated carbocycles. The molecule has 1 amide bonds. The first-order chi connectivity index (χ1) is 4.72. The molecule has 0 aromatic heterocycles. The fourth-order valence-electron chi connectivity index (χ4n) is 1.17. The molecule has 58 valence electrons. The topological polar surface area (TPSA) is 32.3 Å². The van der Waals surface area contributed by atoms with Crippen LogP contribution in [0.2, 0.25) is 0 Å². The van der Waals surface area contributed by atoms with Crippen molar-refractivity contribution in [1.82, 2.24) is 10.2 Å². The van der Waals surface area contributed by atoms with Gasteiger partial charge in [-0.05, 0) is 13.3 Å². The Hall–Kier alpha value is -0.220. The Morgan fingerprint density at radius 3 is 2.60 bits per heavy atom. The van der Waals surface area contributed by atoms with Crippen molar-refractivity contribution in [2.24, 2.45) is 0 Å². The van der Waals surface area contributed by atoms with Gasteiger partial charge in [0.25, 0.3) is 0 Å². The van der Waals surface area contributed by atoms with Crippen molar-refractivity contribution < 1.29 is 4.79 Å². The minimum absolute atomic E-state index is 0.0417.